The van der Waals surface area contributed by atoms with E-state index >= 15 is 0 Å². The summed E-state index contributed by atoms with van der Waals surface area (Å²) in [7, 11) is 0. The third kappa shape index (κ3) is 1.95. The molecule has 12 heavy (non-hydrogen) atoms. The third-order valence-electron chi connectivity index (χ3n) is 2.28. The highest BCUT2D eigenvalue weighted by atomic mass is 16.5. The van der Waals surface area contributed by atoms with Crippen molar-refractivity contribution in [2.45, 2.75) is 44.2 Å². The fourth-order valence-corrected chi connectivity index (χ4v) is 1.45. The van der Waals surface area contributed by atoms with Crippen molar-refractivity contribution >= 4 is 0 Å². The van der Waals surface area contributed by atoms with Crippen LogP contribution in [0, 0.1) is 0 Å². The van der Waals surface area contributed by atoms with Gasteiger partial charge >= 0.3 is 0 Å². The second-order valence-corrected chi connectivity index (χ2v) is 3.18. The van der Waals surface area contributed by atoms with Gasteiger partial charge in [0, 0.05) is 6.42 Å². The highest BCUT2D eigenvalue weighted by molar-refractivity contribution is 4.84. The molecular formula is C8H16O4. The van der Waals surface area contributed by atoms with Gasteiger partial charge in [0.05, 0.1) is 18.8 Å². The Morgan fingerprint density at radius 2 is 2.08 bits per heavy atom. The minimum atomic E-state index is -0.946. The van der Waals surface area contributed by atoms with Crippen LogP contribution in [0.2, 0.25) is 0 Å². The van der Waals surface area contributed by atoms with Crippen LogP contribution in [-0.2, 0) is 4.74 Å². The molecule has 1 aliphatic rings. The van der Waals surface area contributed by atoms with Crippen LogP contribution in [0.15, 0.2) is 0 Å². The zero-order valence-electron chi connectivity index (χ0n) is 7.18. The Morgan fingerprint density at radius 1 is 1.42 bits per heavy atom. The van der Waals surface area contributed by atoms with Crippen molar-refractivity contribution in [3.63, 3.8) is 0 Å². The van der Waals surface area contributed by atoms with Crippen molar-refractivity contribution in [2.75, 3.05) is 6.61 Å². The zero-order valence-corrected chi connectivity index (χ0v) is 7.18. The van der Waals surface area contributed by atoms with Crippen molar-refractivity contribution in [1.82, 2.24) is 0 Å². The number of aliphatic hydroxyl groups excluding tert-OH is 3. The van der Waals surface area contributed by atoms with Crippen molar-refractivity contribution < 1.29 is 20.1 Å². The normalized spacial score (nSPS) is 43.0. The van der Waals surface area contributed by atoms with Crippen molar-refractivity contribution in [2.24, 2.45) is 0 Å². The zero-order chi connectivity index (χ0) is 9.14. The van der Waals surface area contributed by atoms with Gasteiger partial charge in [-0.2, -0.15) is 0 Å². The monoisotopic (exact) mass is 176 g/mol. The van der Waals surface area contributed by atoms with E-state index in [1.54, 1.807) is 0 Å². The lowest BCUT2D eigenvalue weighted by Crippen LogP contribution is -2.49. The SMILES string of the molecule is CC[C@@H]1C[C@@H](O)[C@@H](O)[C@@H](CO)O1. The molecule has 72 valence electrons. The molecule has 1 rings (SSSR count). The second-order valence-electron chi connectivity index (χ2n) is 3.18. The first-order valence-corrected chi connectivity index (χ1v) is 4.31. The molecule has 1 saturated heterocycles. The van der Waals surface area contributed by atoms with Gasteiger partial charge in [-0.3, -0.25) is 0 Å². The maximum atomic E-state index is 9.34. The lowest BCUT2D eigenvalue weighted by atomic mass is 9.97. The molecule has 0 saturated carbocycles. The van der Waals surface area contributed by atoms with E-state index in [1.807, 2.05) is 6.92 Å². The summed E-state index contributed by atoms with van der Waals surface area (Å²) in [6.07, 6.45) is -1.13. The van der Waals surface area contributed by atoms with Gasteiger partial charge in [0.2, 0.25) is 0 Å². The Balaban J connectivity index is 2.52. The molecule has 4 nitrogen and oxygen atoms in total. The van der Waals surface area contributed by atoms with Crippen LogP contribution >= 0.6 is 0 Å². The van der Waals surface area contributed by atoms with E-state index in [-0.39, 0.29) is 12.7 Å². The summed E-state index contributed by atoms with van der Waals surface area (Å²) in [5.41, 5.74) is 0. The lowest BCUT2D eigenvalue weighted by Gasteiger charge is -2.35. The van der Waals surface area contributed by atoms with Crippen LogP contribution in [0.1, 0.15) is 19.8 Å². The van der Waals surface area contributed by atoms with Gasteiger partial charge in [0.25, 0.3) is 0 Å². The van der Waals surface area contributed by atoms with Crippen LogP contribution in [0.3, 0.4) is 0 Å². The highest BCUT2D eigenvalue weighted by Crippen LogP contribution is 2.21. The van der Waals surface area contributed by atoms with E-state index in [1.165, 1.54) is 0 Å². The van der Waals surface area contributed by atoms with Crippen LogP contribution in [0.25, 0.3) is 0 Å². The van der Waals surface area contributed by atoms with E-state index in [0.717, 1.165) is 6.42 Å². The van der Waals surface area contributed by atoms with Crippen molar-refractivity contribution in [3.05, 3.63) is 0 Å². The maximum absolute atomic E-state index is 9.34. The van der Waals surface area contributed by atoms with Gasteiger partial charge in [-0.25, -0.2) is 0 Å². The van der Waals surface area contributed by atoms with E-state index in [0.29, 0.717) is 6.42 Å². The molecule has 0 aromatic rings. The quantitative estimate of drug-likeness (QED) is 0.518. The molecule has 3 N–H and O–H groups in total. The summed E-state index contributed by atoms with van der Waals surface area (Å²) >= 11 is 0. The van der Waals surface area contributed by atoms with Gasteiger partial charge in [-0.05, 0) is 6.42 Å². The minimum Gasteiger partial charge on any atom is -0.394 e. The molecule has 0 aromatic heterocycles. The van der Waals surface area contributed by atoms with E-state index in [2.05, 4.69) is 0 Å². The van der Waals surface area contributed by atoms with Crippen LogP contribution in [0.5, 0.6) is 0 Å². The highest BCUT2D eigenvalue weighted by Gasteiger charge is 2.35. The number of hydrogen-bond acceptors (Lipinski definition) is 4. The largest absolute Gasteiger partial charge is 0.394 e. The Labute approximate surface area is 71.8 Å². The minimum absolute atomic E-state index is 0.0412. The Kier molecular flexibility index (Phi) is 3.46. The van der Waals surface area contributed by atoms with Gasteiger partial charge in [-0.15, -0.1) is 0 Å². The standard InChI is InChI=1S/C8H16O4/c1-2-5-3-6(10)8(11)7(4-9)12-5/h5-11H,2-4H2,1H3/t5-,6-,7-,8-/m1/s1. The summed E-state index contributed by atoms with van der Waals surface area (Å²) in [5, 5.41) is 27.5. The molecule has 0 aromatic carbocycles. The molecule has 0 radical (unpaired) electrons. The predicted octanol–water partition coefficient (Wildman–Crippen LogP) is -0.732. The Hall–Kier alpha value is -0.160. The first-order chi connectivity index (χ1) is 5.69. The van der Waals surface area contributed by atoms with Crippen molar-refractivity contribution in [3.8, 4) is 0 Å². The third-order valence-corrected chi connectivity index (χ3v) is 2.28. The molecule has 0 bridgehead atoms. The molecule has 4 heteroatoms. The average Bonchev–Trinajstić information content (AvgIpc) is 2.09. The second kappa shape index (κ2) is 4.18. The van der Waals surface area contributed by atoms with E-state index in [4.69, 9.17) is 9.84 Å². The molecule has 0 unspecified atom stereocenters. The van der Waals surface area contributed by atoms with Crippen LogP contribution < -0.4 is 0 Å². The molecular weight excluding hydrogens is 160 g/mol. The molecule has 1 fully saturated rings. The molecule has 1 heterocycles. The number of aliphatic hydroxyl groups is 3. The van der Waals surface area contributed by atoms with Crippen molar-refractivity contribution in [1.29, 1.82) is 0 Å². The molecule has 0 spiro atoms. The number of rotatable bonds is 2. The first kappa shape index (κ1) is 9.92. The predicted molar refractivity (Wildman–Crippen MR) is 42.7 cm³/mol. The lowest BCUT2D eigenvalue weighted by molar-refractivity contribution is -0.179. The summed E-state index contributed by atoms with van der Waals surface area (Å²) in [6, 6.07) is 0. The van der Waals surface area contributed by atoms with Gasteiger partial charge in [0.1, 0.15) is 12.2 Å². The van der Waals surface area contributed by atoms with E-state index < -0.39 is 18.3 Å². The van der Waals surface area contributed by atoms with Gasteiger partial charge in [0.15, 0.2) is 0 Å². The number of ether oxygens (including phenoxy) is 1. The first-order valence-electron chi connectivity index (χ1n) is 4.31. The van der Waals surface area contributed by atoms with E-state index in [9.17, 15) is 10.2 Å². The topological polar surface area (TPSA) is 69.9 Å². The average molecular weight is 176 g/mol. The summed E-state index contributed by atoms with van der Waals surface area (Å²) in [4.78, 5) is 0. The smallest absolute Gasteiger partial charge is 0.109 e. The summed E-state index contributed by atoms with van der Waals surface area (Å²) < 4.78 is 5.31. The molecule has 4 atom stereocenters. The fourth-order valence-electron chi connectivity index (χ4n) is 1.45. The summed E-state index contributed by atoms with van der Waals surface area (Å²) in [5.74, 6) is 0. The van der Waals surface area contributed by atoms with Crippen LogP contribution in [0.4, 0.5) is 0 Å². The Morgan fingerprint density at radius 3 is 2.58 bits per heavy atom. The molecule has 0 amide bonds. The molecule has 1 aliphatic heterocycles. The van der Waals surface area contributed by atoms with Gasteiger partial charge < -0.3 is 20.1 Å². The molecule has 0 aliphatic carbocycles. The van der Waals surface area contributed by atoms with Gasteiger partial charge in [-0.1, -0.05) is 6.92 Å². The summed E-state index contributed by atoms with van der Waals surface area (Å²) in [6.45, 7) is 1.71. The fraction of sp³-hybridized carbons (Fsp3) is 1.00. The number of hydrogen-bond donors (Lipinski definition) is 3. The maximum Gasteiger partial charge on any atom is 0.109 e. The van der Waals surface area contributed by atoms with Crippen LogP contribution in [-0.4, -0.2) is 46.3 Å². The Bertz CT molecular complexity index is 139.